The number of aliphatic hydroxyl groups excluding tert-OH is 1. The Morgan fingerprint density at radius 1 is 1.15 bits per heavy atom. The van der Waals surface area contributed by atoms with Crippen molar-refractivity contribution in [1.29, 1.82) is 0 Å². The third-order valence-electron chi connectivity index (χ3n) is 4.57. The van der Waals surface area contributed by atoms with E-state index in [1.54, 1.807) is 0 Å². The van der Waals surface area contributed by atoms with Crippen LogP contribution < -0.4 is 0 Å². The van der Waals surface area contributed by atoms with Gasteiger partial charge < -0.3 is 5.11 Å². The van der Waals surface area contributed by atoms with E-state index in [9.17, 15) is 5.11 Å². The Morgan fingerprint density at radius 2 is 1.95 bits per heavy atom. The summed E-state index contributed by atoms with van der Waals surface area (Å²) < 4.78 is 0. The number of hydrogen-bond donors (Lipinski definition) is 1. The Hall–Kier alpha value is -1.12. The minimum atomic E-state index is -0.0648. The fourth-order valence-electron chi connectivity index (χ4n) is 3.45. The van der Waals surface area contributed by atoms with Gasteiger partial charge in [-0.15, -0.1) is 11.3 Å². The van der Waals surface area contributed by atoms with Crippen molar-refractivity contribution in [2.45, 2.75) is 44.4 Å². The molecule has 0 spiro atoms. The highest BCUT2D eigenvalue weighted by molar-refractivity contribution is 7.12. The summed E-state index contributed by atoms with van der Waals surface area (Å²) in [5.41, 5.74) is 2.74. The van der Waals surface area contributed by atoms with Crippen LogP contribution in [0.3, 0.4) is 0 Å². The van der Waals surface area contributed by atoms with Gasteiger partial charge in [0, 0.05) is 15.2 Å². The third-order valence-corrected chi connectivity index (χ3v) is 5.80. The van der Waals surface area contributed by atoms with Gasteiger partial charge in [-0.2, -0.15) is 0 Å². The van der Waals surface area contributed by atoms with E-state index in [1.807, 2.05) is 11.3 Å². The first-order valence-corrected chi connectivity index (χ1v) is 8.36. The predicted octanol–water partition coefficient (Wildman–Crippen LogP) is 4.12. The fraction of sp³-hybridized carbons (Fsp3) is 0.444. The molecular weight excluding hydrogens is 264 g/mol. The normalized spacial score (nSPS) is 21.7. The number of aliphatic hydroxyl groups is 1. The van der Waals surface area contributed by atoms with Gasteiger partial charge in [0.15, 0.2) is 0 Å². The molecule has 0 amide bonds. The molecule has 0 saturated heterocycles. The largest absolute Gasteiger partial charge is 0.395 e. The predicted molar refractivity (Wildman–Crippen MR) is 85.5 cm³/mol. The van der Waals surface area contributed by atoms with Crippen LogP contribution in [0.5, 0.6) is 0 Å². The van der Waals surface area contributed by atoms with Crippen molar-refractivity contribution < 1.29 is 5.11 Å². The minimum absolute atomic E-state index is 0.0648. The van der Waals surface area contributed by atoms with Crippen LogP contribution in [0.15, 0.2) is 36.4 Å². The highest BCUT2D eigenvalue weighted by Crippen LogP contribution is 2.40. The van der Waals surface area contributed by atoms with Crippen LogP contribution >= 0.6 is 11.3 Å². The molecule has 20 heavy (non-hydrogen) atoms. The van der Waals surface area contributed by atoms with Crippen molar-refractivity contribution in [2.24, 2.45) is 0 Å². The van der Waals surface area contributed by atoms with Gasteiger partial charge in [-0.1, -0.05) is 31.2 Å². The van der Waals surface area contributed by atoms with E-state index < -0.39 is 0 Å². The Balaban J connectivity index is 1.96. The lowest BCUT2D eigenvalue weighted by molar-refractivity contribution is 0.174. The van der Waals surface area contributed by atoms with Crippen molar-refractivity contribution in [2.75, 3.05) is 6.61 Å². The Bertz CT molecular complexity index is 587. The van der Waals surface area contributed by atoms with Gasteiger partial charge >= 0.3 is 0 Å². The van der Waals surface area contributed by atoms with Crippen molar-refractivity contribution in [3.8, 4) is 0 Å². The summed E-state index contributed by atoms with van der Waals surface area (Å²) in [6.07, 6.45) is 5.52. The molecule has 0 radical (unpaired) electrons. The maximum atomic E-state index is 10.1. The average molecular weight is 286 g/mol. The number of thiophene rings is 1. The topological polar surface area (TPSA) is 20.2 Å². The lowest BCUT2D eigenvalue weighted by Crippen LogP contribution is -2.36. The molecule has 106 valence electrons. The van der Waals surface area contributed by atoms with Crippen molar-refractivity contribution in [3.63, 3.8) is 0 Å². The van der Waals surface area contributed by atoms with Crippen LogP contribution in [0, 0.1) is 0 Å². The molecule has 1 aliphatic carbocycles. The number of aryl methyl sites for hydroxylation is 2. The summed E-state index contributed by atoms with van der Waals surface area (Å²) in [5, 5.41) is 10.1. The first-order valence-electron chi connectivity index (χ1n) is 7.54. The summed E-state index contributed by atoms with van der Waals surface area (Å²) in [5.74, 6) is 0. The van der Waals surface area contributed by atoms with Crippen LogP contribution in [-0.4, -0.2) is 11.7 Å². The first-order chi connectivity index (χ1) is 9.77. The molecule has 0 aliphatic heterocycles. The zero-order valence-corrected chi connectivity index (χ0v) is 12.9. The number of rotatable bonds is 4. The van der Waals surface area contributed by atoms with Gasteiger partial charge in [0.05, 0.1) is 6.61 Å². The molecule has 2 aromatic rings. The van der Waals surface area contributed by atoms with Crippen LogP contribution in [0.2, 0.25) is 0 Å². The Labute approximate surface area is 125 Å². The summed E-state index contributed by atoms with van der Waals surface area (Å²) in [4.78, 5) is 2.85. The summed E-state index contributed by atoms with van der Waals surface area (Å²) in [6.45, 7) is 2.46. The van der Waals surface area contributed by atoms with Crippen LogP contribution in [-0.2, 0) is 24.7 Å². The third kappa shape index (κ3) is 2.43. The molecular formula is C18H22OS. The van der Waals surface area contributed by atoms with E-state index in [1.165, 1.54) is 27.3 Å². The molecule has 3 rings (SSSR count). The molecule has 1 unspecified atom stereocenters. The Morgan fingerprint density at radius 3 is 2.70 bits per heavy atom. The maximum absolute atomic E-state index is 10.1. The van der Waals surface area contributed by atoms with Crippen LogP contribution in [0.4, 0.5) is 0 Å². The number of benzene rings is 1. The lowest BCUT2D eigenvalue weighted by Gasteiger charge is -2.37. The SMILES string of the molecule is CCc1ccc(CC2(CO)CCCc3ccccc32)s1. The first kappa shape index (κ1) is 13.8. The maximum Gasteiger partial charge on any atom is 0.0531 e. The molecule has 1 nitrogen and oxygen atoms in total. The van der Waals surface area contributed by atoms with Gasteiger partial charge in [0.2, 0.25) is 0 Å². The zero-order valence-electron chi connectivity index (χ0n) is 12.1. The van der Waals surface area contributed by atoms with Crippen LogP contribution in [0.25, 0.3) is 0 Å². The number of fused-ring (bicyclic) bond motifs is 1. The van der Waals surface area contributed by atoms with Gasteiger partial charge in [-0.25, -0.2) is 0 Å². The molecule has 1 atom stereocenters. The Kier molecular flexibility index (Phi) is 3.95. The molecule has 1 aromatic carbocycles. The van der Waals surface area contributed by atoms with E-state index in [4.69, 9.17) is 0 Å². The summed E-state index contributed by atoms with van der Waals surface area (Å²) in [6, 6.07) is 13.2. The second-order valence-corrected chi connectivity index (χ2v) is 7.10. The number of hydrogen-bond acceptors (Lipinski definition) is 2. The van der Waals surface area contributed by atoms with Crippen molar-refractivity contribution in [1.82, 2.24) is 0 Å². The quantitative estimate of drug-likeness (QED) is 0.896. The van der Waals surface area contributed by atoms with E-state index in [2.05, 4.69) is 43.3 Å². The summed E-state index contributed by atoms with van der Waals surface area (Å²) in [7, 11) is 0. The summed E-state index contributed by atoms with van der Waals surface area (Å²) >= 11 is 1.90. The second kappa shape index (κ2) is 5.71. The highest BCUT2D eigenvalue weighted by Gasteiger charge is 2.36. The van der Waals surface area contributed by atoms with E-state index in [-0.39, 0.29) is 12.0 Å². The second-order valence-electron chi connectivity index (χ2n) is 5.85. The molecule has 1 aliphatic rings. The molecule has 1 heterocycles. The molecule has 1 aromatic heterocycles. The molecule has 2 heteroatoms. The lowest BCUT2D eigenvalue weighted by atomic mass is 9.68. The smallest absolute Gasteiger partial charge is 0.0531 e. The van der Waals surface area contributed by atoms with Gasteiger partial charge in [0.1, 0.15) is 0 Å². The molecule has 0 bridgehead atoms. The average Bonchev–Trinajstić information content (AvgIpc) is 2.95. The van der Waals surface area contributed by atoms with Crippen molar-refractivity contribution in [3.05, 3.63) is 57.3 Å². The highest BCUT2D eigenvalue weighted by atomic mass is 32.1. The molecule has 0 fully saturated rings. The van der Waals surface area contributed by atoms with Gasteiger partial charge in [0.25, 0.3) is 0 Å². The minimum Gasteiger partial charge on any atom is -0.395 e. The standard InChI is InChI=1S/C18H22OS/c1-2-15-9-10-16(20-15)12-18(13-19)11-5-7-14-6-3-4-8-17(14)18/h3-4,6,8-10,19H,2,5,7,11-13H2,1H3. The fourth-order valence-corrected chi connectivity index (χ4v) is 4.55. The van der Waals surface area contributed by atoms with Gasteiger partial charge in [-0.3, -0.25) is 0 Å². The molecule has 0 saturated carbocycles. The monoisotopic (exact) mass is 286 g/mol. The zero-order chi connectivity index (χ0) is 14.0. The van der Waals surface area contributed by atoms with E-state index >= 15 is 0 Å². The van der Waals surface area contributed by atoms with Crippen LogP contribution in [0.1, 0.15) is 40.6 Å². The van der Waals surface area contributed by atoms with E-state index in [0.717, 1.165) is 25.7 Å². The molecule has 1 N–H and O–H groups in total. The van der Waals surface area contributed by atoms with Crippen molar-refractivity contribution >= 4 is 11.3 Å². The van der Waals surface area contributed by atoms with E-state index in [0.29, 0.717) is 0 Å². The van der Waals surface area contributed by atoms with Gasteiger partial charge in [-0.05, 0) is 55.4 Å².